The number of hydrogen-bond donors (Lipinski definition) is 1. The molecule has 0 atom stereocenters. The molecule has 0 aliphatic heterocycles. The number of ether oxygens (including phenoxy) is 2. The molecular weight excluding hydrogens is 248 g/mol. The first-order chi connectivity index (χ1) is 9.08. The fraction of sp³-hybridized carbons (Fsp3) is 0.143. The third-order valence-corrected chi connectivity index (χ3v) is 2.26. The third-order valence-electron chi connectivity index (χ3n) is 2.26. The van der Waals surface area contributed by atoms with Crippen molar-refractivity contribution in [3.63, 3.8) is 0 Å². The Morgan fingerprint density at radius 1 is 1.21 bits per heavy atom. The predicted molar refractivity (Wildman–Crippen MR) is 69.3 cm³/mol. The Hall–Kier alpha value is -2.56. The molecule has 0 aliphatic rings. The third kappa shape index (κ3) is 4.31. The Bertz CT molecular complexity index is 528. The molecule has 0 unspecified atom stereocenters. The summed E-state index contributed by atoms with van der Waals surface area (Å²) in [4.78, 5) is 22.6. The van der Waals surface area contributed by atoms with Crippen molar-refractivity contribution in [3.8, 4) is 5.75 Å². The molecule has 0 aromatic heterocycles. The summed E-state index contributed by atoms with van der Waals surface area (Å²) in [6.07, 6.45) is 3.96. The average molecular weight is 262 g/mol. The molecule has 1 aromatic carbocycles. The summed E-state index contributed by atoms with van der Waals surface area (Å²) in [6.45, 7) is 0. The zero-order chi connectivity index (χ0) is 14.3. The largest absolute Gasteiger partial charge is 0.508 e. The van der Waals surface area contributed by atoms with Crippen molar-refractivity contribution in [2.24, 2.45) is 0 Å². The smallest absolute Gasteiger partial charge is 0.338 e. The maximum absolute atomic E-state index is 11.6. The highest BCUT2D eigenvalue weighted by Crippen LogP contribution is 2.20. The molecule has 5 heteroatoms. The van der Waals surface area contributed by atoms with E-state index in [-0.39, 0.29) is 11.3 Å². The van der Waals surface area contributed by atoms with E-state index >= 15 is 0 Å². The Morgan fingerprint density at radius 2 is 1.95 bits per heavy atom. The lowest BCUT2D eigenvalue weighted by atomic mass is 10.1. The highest BCUT2D eigenvalue weighted by atomic mass is 16.5. The van der Waals surface area contributed by atoms with Crippen LogP contribution < -0.4 is 0 Å². The first kappa shape index (κ1) is 14.5. The van der Waals surface area contributed by atoms with Crippen LogP contribution in [0.4, 0.5) is 0 Å². The number of carbonyl (C=O) groups excluding carboxylic acids is 2. The molecule has 0 heterocycles. The van der Waals surface area contributed by atoms with Crippen LogP contribution in [0.2, 0.25) is 0 Å². The minimum absolute atomic E-state index is 0.0317. The monoisotopic (exact) mass is 262 g/mol. The number of hydrogen-bond acceptors (Lipinski definition) is 5. The van der Waals surface area contributed by atoms with Gasteiger partial charge in [-0.15, -0.1) is 0 Å². The summed E-state index contributed by atoms with van der Waals surface area (Å²) in [6, 6.07) is 6.16. The number of phenolic OH excluding ortho intramolecular Hbond substituents is 1. The van der Waals surface area contributed by atoms with Gasteiger partial charge in [0.25, 0.3) is 0 Å². The van der Waals surface area contributed by atoms with E-state index in [1.165, 1.54) is 44.6 Å². The predicted octanol–water partition coefficient (Wildman–Crippen LogP) is 1.68. The van der Waals surface area contributed by atoms with Gasteiger partial charge >= 0.3 is 11.9 Å². The van der Waals surface area contributed by atoms with Gasteiger partial charge in [-0.25, -0.2) is 9.59 Å². The van der Waals surface area contributed by atoms with Crippen LogP contribution in [0, 0.1) is 0 Å². The van der Waals surface area contributed by atoms with Crippen molar-refractivity contribution >= 4 is 17.5 Å². The van der Waals surface area contributed by atoms with Gasteiger partial charge in [0.05, 0.1) is 19.8 Å². The molecule has 1 aromatic rings. The quantitative estimate of drug-likeness (QED) is 0.507. The van der Waals surface area contributed by atoms with E-state index in [0.717, 1.165) is 0 Å². The van der Waals surface area contributed by atoms with Gasteiger partial charge in [-0.3, -0.25) is 0 Å². The summed E-state index contributed by atoms with van der Waals surface area (Å²) in [5, 5.41) is 9.40. The number of benzene rings is 1. The molecule has 1 rings (SSSR count). The second-order valence-corrected chi connectivity index (χ2v) is 3.50. The maximum Gasteiger partial charge on any atom is 0.338 e. The topological polar surface area (TPSA) is 72.8 Å². The minimum atomic E-state index is -0.569. The number of phenols is 1. The van der Waals surface area contributed by atoms with Gasteiger partial charge in [0.15, 0.2) is 0 Å². The fourth-order valence-electron chi connectivity index (χ4n) is 1.36. The van der Waals surface area contributed by atoms with Crippen LogP contribution in [-0.2, 0) is 19.1 Å². The summed E-state index contributed by atoms with van der Waals surface area (Å²) >= 11 is 0. The van der Waals surface area contributed by atoms with Crippen molar-refractivity contribution in [1.29, 1.82) is 0 Å². The van der Waals surface area contributed by atoms with Gasteiger partial charge in [0, 0.05) is 6.08 Å². The molecule has 5 nitrogen and oxygen atoms in total. The first-order valence-electron chi connectivity index (χ1n) is 5.42. The lowest BCUT2D eigenvalue weighted by Crippen LogP contribution is -2.03. The fourth-order valence-corrected chi connectivity index (χ4v) is 1.36. The Morgan fingerprint density at radius 3 is 2.53 bits per heavy atom. The number of methoxy groups -OCH3 is 2. The van der Waals surface area contributed by atoms with Gasteiger partial charge < -0.3 is 14.6 Å². The molecule has 0 fully saturated rings. The zero-order valence-corrected chi connectivity index (χ0v) is 10.6. The standard InChI is InChI=1S/C14H14O5/c1-18-13(16)8-4-7-12(14(17)19-2)10-5-3-6-11(15)9-10/h3-9,15H,1-2H3. The van der Waals surface area contributed by atoms with Crippen molar-refractivity contribution in [1.82, 2.24) is 0 Å². The van der Waals surface area contributed by atoms with Gasteiger partial charge in [-0.2, -0.15) is 0 Å². The van der Waals surface area contributed by atoms with Crippen LogP contribution in [0.1, 0.15) is 5.56 Å². The molecule has 100 valence electrons. The Balaban J connectivity index is 3.09. The summed E-state index contributed by atoms with van der Waals surface area (Å²) in [7, 11) is 2.51. The Kier molecular flexibility index (Phi) is 5.35. The van der Waals surface area contributed by atoms with E-state index < -0.39 is 11.9 Å². The summed E-state index contributed by atoms with van der Waals surface area (Å²) < 4.78 is 9.08. The van der Waals surface area contributed by atoms with Gasteiger partial charge in [0.1, 0.15) is 5.75 Å². The van der Waals surface area contributed by atoms with Crippen LogP contribution >= 0.6 is 0 Å². The Labute approximate surface area is 110 Å². The summed E-state index contributed by atoms with van der Waals surface area (Å²) in [5.41, 5.74) is 0.708. The molecular formula is C14H14O5. The highest BCUT2D eigenvalue weighted by molar-refractivity contribution is 6.16. The van der Waals surface area contributed by atoms with Crippen LogP contribution in [0.5, 0.6) is 5.75 Å². The zero-order valence-electron chi connectivity index (χ0n) is 10.6. The van der Waals surface area contributed by atoms with E-state index in [4.69, 9.17) is 0 Å². The minimum Gasteiger partial charge on any atom is -0.508 e. The van der Waals surface area contributed by atoms with Gasteiger partial charge in [0.2, 0.25) is 0 Å². The van der Waals surface area contributed by atoms with Gasteiger partial charge in [-0.05, 0) is 23.8 Å². The second kappa shape index (κ2) is 7.00. The molecule has 0 radical (unpaired) electrons. The molecule has 0 spiro atoms. The lowest BCUT2D eigenvalue weighted by molar-refractivity contribution is -0.135. The summed E-state index contributed by atoms with van der Waals surface area (Å²) in [5.74, 6) is -1.07. The maximum atomic E-state index is 11.6. The van der Waals surface area contributed by atoms with E-state index in [0.29, 0.717) is 5.56 Å². The SMILES string of the molecule is COC(=O)C=CC=C(C(=O)OC)c1cccc(O)c1. The normalized spacial score (nSPS) is 11.4. The van der Waals surface area contributed by atoms with Crippen LogP contribution in [0.15, 0.2) is 42.5 Å². The second-order valence-electron chi connectivity index (χ2n) is 3.50. The van der Waals surface area contributed by atoms with E-state index in [1.54, 1.807) is 12.1 Å². The number of rotatable bonds is 4. The molecule has 1 N–H and O–H groups in total. The average Bonchev–Trinajstić information content (AvgIpc) is 2.42. The van der Waals surface area contributed by atoms with Crippen LogP contribution in [0.3, 0.4) is 0 Å². The molecule has 0 saturated carbocycles. The van der Waals surface area contributed by atoms with E-state index in [1.807, 2.05) is 0 Å². The highest BCUT2D eigenvalue weighted by Gasteiger charge is 2.11. The van der Waals surface area contributed by atoms with E-state index in [9.17, 15) is 14.7 Å². The number of allylic oxidation sites excluding steroid dienone is 2. The first-order valence-corrected chi connectivity index (χ1v) is 5.42. The number of esters is 2. The van der Waals surface area contributed by atoms with Gasteiger partial charge in [-0.1, -0.05) is 18.2 Å². The van der Waals surface area contributed by atoms with Crippen molar-refractivity contribution in [3.05, 3.63) is 48.1 Å². The molecule has 0 saturated heterocycles. The molecule has 0 bridgehead atoms. The number of aromatic hydroxyl groups is 1. The number of carbonyl (C=O) groups is 2. The van der Waals surface area contributed by atoms with E-state index in [2.05, 4.69) is 9.47 Å². The van der Waals surface area contributed by atoms with Crippen molar-refractivity contribution < 1.29 is 24.2 Å². The molecule has 19 heavy (non-hydrogen) atoms. The van der Waals surface area contributed by atoms with Crippen molar-refractivity contribution in [2.75, 3.05) is 14.2 Å². The molecule has 0 amide bonds. The molecule has 0 aliphatic carbocycles. The lowest BCUT2D eigenvalue weighted by Gasteiger charge is -2.05. The van der Waals surface area contributed by atoms with Crippen LogP contribution in [-0.4, -0.2) is 31.3 Å². The van der Waals surface area contributed by atoms with Crippen LogP contribution in [0.25, 0.3) is 5.57 Å². The van der Waals surface area contributed by atoms with Crippen molar-refractivity contribution in [2.45, 2.75) is 0 Å².